The third kappa shape index (κ3) is 3.46. The Hall–Kier alpha value is -1.04. The molecule has 1 N–H and O–H groups in total. The van der Waals surface area contributed by atoms with Crippen molar-refractivity contribution in [3.63, 3.8) is 0 Å². The van der Waals surface area contributed by atoms with Crippen molar-refractivity contribution in [3.8, 4) is 0 Å². The SMILES string of the molecule is O=c1ccnc(SCc2nc(Cl)ccc2Cl)[nH]1. The smallest absolute Gasteiger partial charge is 0.251 e. The van der Waals surface area contributed by atoms with Crippen LogP contribution < -0.4 is 5.56 Å². The topological polar surface area (TPSA) is 58.6 Å². The van der Waals surface area contributed by atoms with E-state index in [-0.39, 0.29) is 5.56 Å². The molecule has 17 heavy (non-hydrogen) atoms. The van der Waals surface area contributed by atoms with Crippen molar-refractivity contribution in [2.45, 2.75) is 10.9 Å². The Balaban J connectivity index is 2.12. The average molecular weight is 288 g/mol. The van der Waals surface area contributed by atoms with E-state index in [0.717, 1.165) is 0 Å². The largest absolute Gasteiger partial charge is 0.301 e. The maximum absolute atomic E-state index is 11.1. The van der Waals surface area contributed by atoms with E-state index in [1.165, 1.54) is 24.0 Å². The fourth-order valence-corrected chi connectivity index (χ4v) is 2.34. The zero-order chi connectivity index (χ0) is 12.3. The van der Waals surface area contributed by atoms with E-state index in [1.807, 2.05) is 0 Å². The summed E-state index contributed by atoms with van der Waals surface area (Å²) in [5.74, 6) is 0.492. The van der Waals surface area contributed by atoms with Crippen LogP contribution >= 0.6 is 35.0 Å². The summed E-state index contributed by atoms with van der Waals surface area (Å²) in [4.78, 5) is 21.8. The van der Waals surface area contributed by atoms with Gasteiger partial charge >= 0.3 is 0 Å². The number of nitrogens with zero attached hydrogens (tertiary/aromatic N) is 2. The fraction of sp³-hybridized carbons (Fsp3) is 0.100. The Morgan fingerprint density at radius 1 is 1.29 bits per heavy atom. The lowest BCUT2D eigenvalue weighted by molar-refractivity contribution is 0.935. The van der Waals surface area contributed by atoms with E-state index in [4.69, 9.17) is 23.2 Å². The predicted molar refractivity (Wildman–Crippen MR) is 68.7 cm³/mol. The molecule has 0 bridgehead atoms. The normalized spacial score (nSPS) is 10.5. The number of aromatic nitrogens is 3. The minimum absolute atomic E-state index is 0.187. The summed E-state index contributed by atoms with van der Waals surface area (Å²) in [6, 6.07) is 4.67. The first-order chi connectivity index (χ1) is 8.15. The van der Waals surface area contributed by atoms with Crippen LogP contribution in [0.1, 0.15) is 5.69 Å². The molecule has 4 nitrogen and oxygen atoms in total. The lowest BCUT2D eigenvalue weighted by Crippen LogP contribution is -2.05. The molecule has 0 saturated heterocycles. The van der Waals surface area contributed by atoms with Gasteiger partial charge in [0.05, 0.1) is 10.7 Å². The van der Waals surface area contributed by atoms with Crippen LogP contribution in [0.4, 0.5) is 0 Å². The molecule has 0 atom stereocenters. The highest BCUT2D eigenvalue weighted by Crippen LogP contribution is 2.23. The van der Waals surface area contributed by atoms with E-state index in [1.54, 1.807) is 12.1 Å². The second-order valence-corrected chi connectivity index (χ2v) is 4.85. The number of nitrogens with one attached hydrogen (secondary N) is 1. The molecule has 0 aromatic carbocycles. The lowest BCUT2D eigenvalue weighted by Gasteiger charge is -2.03. The third-order valence-electron chi connectivity index (χ3n) is 1.88. The van der Waals surface area contributed by atoms with Crippen LogP contribution in [0.2, 0.25) is 10.2 Å². The minimum atomic E-state index is -0.187. The van der Waals surface area contributed by atoms with Gasteiger partial charge in [0.1, 0.15) is 5.15 Å². The highest BCUT2D eigenvalue weighted by Gasteiger charge is 2.05. The van der Waals surface area contributed by atoms with Crippen molar-refractivity contribution in [2.24, 2.45) is 0 Å². The highest BCUT2D eigenvalue weighted by molar-refractivity contribution is 7.98. The van der Waals surface area contributed by atoms with Crippen molar-refractivity contribution >= 4 is 35.0 Å². The summed E-state index contributed by atoms with van der Waals surface area (Å²) in [5.41, 5.74) is 0.475. The Kier molecular flexibility index (Phi) is 4.04. The van der Waals surface area contributed by atoms with Crippen molar-refractivity contribution in [3.05, 3.63) is 50.6 Å². The summed E-state index contributed by atoms with van der Waals surface area (Å²) in [7, 11) is 0. The summed E-state index contributed by atoms with van der Waals surface area (Å²) < 4.78 is 0. The second kappa shape index (κ2) is 5.53. The molecule has 2 aromatic heterocycles. The van der Waals surface area contributed by atoms with Gasteiger partial charge < -0.3 is 4.98 Å². The molecule has 7 heteroatoms. The lowest BCUT2D eigenvalue weighted by atomic mass is 10.4. The molecule has 0 aliphatic heterocycles. The maximum Gasteiger partial charge on any atom is 0.251 e. The molecule has 2 aromatic rings. The van der Waals surface area contributed by atoms with E-state index in [9.17, 15) is 4.79 Å². The fourth-order valence-electron chi connectivity index (χ4n) is 1.12. The van der Waals surface area contributed by atoms with Gasteiger partial charge in [0.2, 0.25) is 0 Å². The zero-order valence-corrected chi connectivity index (χ0v) is 10.8. The summed E-state index contributed by atoms with van der Waals surface area (Å²) >= 11 is 13.1. The summed E-state index contributed by atoms with van der Waals surface area (Å²) in [5, 5.41) is 1.45. The molecule has 2 rings (SSSR count). The van der Waals surface area contributed by atoms with Gasteiger partial charge in [-0.2, -0.15) is 0 Å². The van der Waals surface area contributed by atoms with Crippen LogP contribution in [0.5, 0.6) is 0 Å². The van der Waals surface area contributed by atoms with Gasteiger partial charge in [-0.1, -0.05) is 35.0 Å². The number of hydrogen-bond acceptors (Lipinski definition) is 4. The molecule has 0 fully saturated rings. The Bertz CT molecular complexity index is 588. The Morgan fingerprint density at radius 2 is 2.12 bits per heavy atom. The number of H-pyrrole nitrogens is 1. The first kappa shape index (κ1) is 12.4. The van der Waals surface area contributed by atoms with Gasteiger partial charge in [0, 0.05) is 18.0 Å². The van der Waals surface area contributed by atoms with E-state index >= 15 is 0 Å². The van der Waals surface area contributed by atoms with Gasteiger partial charge in [0.25, 0.3) is 5.56 Å². The van der Waals surface area contributed by atoms with E-state index in [2.05, 4.69) is 15.0 Å². The third-order valence-corrected chi connectivity index (χ3v) is 3.33. The first-order valence-corrected chi connectivity index (χ1v) is 6.38. The van der Waals surface area contributed by atoms with Gasteiger partial charge in [-0.05, 0) is 12.1 Å². The predicted octanol–water partition coefficient (Wildman–Crippen LogP) is 2.76. The average Bonchev–Trinajstić information content (AvgIpc) is 2.30. The Morgan fingerprint density at radius 3 is 2.88 bits per heavy atom. The molecular weight excluding hydrogens is 281 g/mol. The van der Waals surface area contributed by atoms with Crippen LogP contribution in [0, 0.1) is 0 Å². The first-order valence-electron chi connectivity index (χ1n) is 4.64. The molecule has 2 heterocycles. The molecule has 88 valence electrons. The van der Waals surface area contributed by atoms with E-state index in [0.29, 0.717) is 26.8 Å². The maximum atomic E-state index is 11.1. The number of halogens is 2. The van der Waals surface area contributed by atoms with Gasteiger partial charge in [0.15, 0.2) is 5.16 Å². The molecule has 0 aliphatic rings. The number of thioether (sulfide) groups is 1. The quantitative estimate of drug-likeness (QED) is 0.536. The van der Waals surface area contributed by atoms with Gasteiger partial charge in [-0.3, -0.25) is 4.79 Å². The van der Waals surface area contributed by atoms with Gasteiger partial charge in [-0.15, -0.1) is 0 Å². The standard InChI is InChI=1S/C10H7Cl2N3OS/c11-6-1-2-8(12)14-7(6)5-17-10-13-4-3-9(16)15-10/h1-4H,5H2,(H,13,15,16). The van der Waals surface area contributed by atoms with Crippen LogP contribution in [0.25, 0.3) is 0 Å². The van der Waals surface area contributed by atoms with Crippen LogP contribution in [-0.4, -0.2) is 15.0 Å². The summed E-state index contributed by atoms with van der Waals surface area (Å²) in [6.45, 7) is 0. The molecule has 0 saturated carbocycles. The van der Waals surface area contributed by atoms with Crippen molar-refractivity contribution in [2.75, 3.05) is 0 Å². The molecule has 0 radical (unpaired) electrons. The van der Waals surface area contributed by atoms with Crippen LogP contribution in [0.3, 0.4) is 0 Å². The molecule has 0 amide bonds. The van der Waals surface area contributed by atoms with Crippen molar-refractivity contribution in [1.82, 2.24) is 15.0 Å². The van der Waals surface area contributed by atoms with Crippen molar-refractivity contribution < 1.29 is 0 Å². The number of hydrogen-bond donors (Lipinski definition) is 1. The zero-order valence-electron chi connectivity index (χ0n) is 8.48. The van der Waals surface area contributed by atoms with Crippen LogP contribution in [-0.2, 0) is 5.75 Å². The molecule has 0 spiro atoms. The Labute approximate surface area is 111 Å². The highest BCUT2D eigenvalue weighted by atomic mass is 35.5. The monoisotopic (exact) mass is 287 g/mol. The number of aromatic amines is 1. The molecule has 0 unspecified atom stereocenters. The molecular formula is C10H7Cl2N3OS. The second-order valence-electron chi connectivity index (χ2n) is 3.09. The summed E-state index contributed by atoms with van der Waals surface area (Å²) in [6.07, 6.45) is 1.45. The number of rotatable bonds is 3. The van der Waals surface area contributed by atoms with Gasteiger partial charge in [-0.25, -0.2) is 9.97 Å². The van der Waals surface area contributed by atoms with Crippen LogP contribution in [0.15, 0.2) is 34.3 Å². The molecule has 0 aliphatic carbocycles. The van der Waals surface area contributed by atoms with E-state index < -0.39 is 0 Å². The minimum Gasteiger partial charge on any atom is -0.301 e. The van der Waals surface area contributed by atoms with Crippen molar-refractivity contribution in [1.29, 1.82) is 0 Å². The number of pyridine rings is 1.